The lowest BCUT2D eigenvalue weighted by Crippen LogP contribution is -2.21. The van der Waals surface area contributed by atoms with Gasteiger partial charge in [-0.05, 0) is 0 Å². The Morgan fingerprint density at radius 3 is 2.22 bits per heavy atom. The molecule has 0 heterocycles. The first kappa shape index (κ1) is 9.53. The highest BCUT2D eigenvalue weighted by atomic mass is 79.9. The fourth-order valence-electron chi connectivity index (χ4n) is 0.215. The van der Waals surface area contributed by atoms with Crippen molar-refractivity contribution in [1.82, 2.24) is 0 Å². The smallest absolute Gasteiger partial charge is 0.322 e. The Hall–Kier alpha value is 0.530. The molecule has 0 radical (unpaired) electrons. The Kier molecular flexibility index (Phi) is 4.62. The molecule has 0 rings (SSSR count). The number of ether oxygens (including phenoxy) is 1. The van der Waals surface area contributed by atoms with Gasteiger partial charge in [0.2, 0.25) is 0 Å². The number of hydrogen-bond acceptors (Lipinski definition) is 2. The first-order chi connectivity index (χ1) is 4.09. The van der Waals surface area contributed by atoms with Crippen LogP contribution < -0.4 is 0 Å². The summed E-state index contributed by atoms with van der Waals surface area (Å²) < 4.78 is 4.32. The molecule has 1 unspecified atom stereocenters. The van der Waals surface area contributed by atoms with Gasteiger partial charge in [-0.15, -0.1) is 23.2 Å². The zero-order valence-corrected chi connectivity index (χ0v) is 7.70. The van der Waals surface area contributed by atoms with Gasteiger partial charge in [-0.1, -0.05) is 15.9 Å². The second-order valence-corrected chi connectivity index (χ2v) is 3.41. The molecule has 0 aliphatic carbocycles. The molecular formula is C4H5BrCl2O2. The van der Waals surface area contributed by atoms with Crippen molar-refractivity contribution < 1.29 is 9.53 Å². The number of methoxy groups -OCH3 is 1. The Labute approximate surface area is 71.6 Å². The van der Waals surface area contributed by atoms with Crippen LogP contribution in [0.1, 0.15) is 0 Å². The summed E-state index contributed by atoms with van der Waals surface area (Å²) in [7, 11) is 1.27. The van der Waals surface area contributed by atoms with Crippen molar-refractivity contribution in [2.75, 3.05) is 7.11 Å². The van der Waals surface area contributed by atoms with Crippen molar-refractivity contribution in [1.29, 1.82) is 0 Å². The molecule has 0 bridgehead atoms. The number of halogens is 3. The molecule has 0 fully saturated rings. The zero-order chi connectivity index (χ0) is 7.44. The second kappa shape index (κ2) is 4.36. The fourth-order valence-corrected chi connectivity index (χ4v) is 0.608. The van der Waals surface area contributed by atoms with Crippen molar-refractivity contribution in [3.63, 3.8) is 0 Å². The van der Waals surface area contributed by atoms with E-state index >= 15 is 0 Å². The van der Waals surface area contributed by atoms with E-state index in [-0.39, 0.29) is 0 Å². The summed E-state index contributed by atoms with van der Waals surface area (Å²) in [4.78, 5) is 9.12. The number of rotatable bonds is 2. The maximum absolute atomic E-state index is 10.5. The van der Waals surface area contributed by atoms with Gasteiger partial charge in [0, 0.05) is 0 Å². The molecule has 0 saturated heterocycles. The number of carbonyl (C=O) groups excluding carboxylic acids is 1. The number of esters is 1. The van der Waals surface area contributed by atoms with E-state index in [0.29, 0.717) is 0 Å². The zero-order valence-electron chi connectivity index (χ0n) is 4.61. The van der Waals surface area contributed by atoms with E-state index in [1.807, 2.05) is 0 Å². The third-order valence-corrected chi connectivity index (χ3v) is 2.66. The summed E-state index contributed by atoms with van der Waals surface area (Å²) in [6.45, 7) is 0. The lowest BCUT2D eigenvalue weighted by atomic mass is 10.5. The quantitative estimate of drug-likeness (QED) is 0.539. The van der Waals surface area contributed by atoms with Gasteiger partial charge < -0.3 is 4.74 Å². The van der Waals surface area contributed by atoms with Crippen LogP contribution in [0, 0.1) is 0 Å². The predicted octanol–water partition coefficient (Wildman–Crippen LogP) is 1.73. The molecule has 0 aliphatic rings. The molecule has 0 spiro atoms. The first-order valence-electron chi connectivity index (χ1n) is 2.09. The summed E-state index contributed by atoms with van der Waals surface area (Å²) in [5.41, 5.74) is 0. The van der Waals surface area contributed by atoms with E-state index in [1.165, 1.54) is 7.11 Å². The van der Waals surface area contributed by atoms with Crippen molar-refractivity contribution in [3.8, 4) is 0 Å². The lowest BCUT2D eigenvalue weighted by molar-refractivity contribution is -0.139. The van der Waals surface area contributed by atoms with Crippen LogP contribution in [-0.2, 0) is 9.53 Å². The van der Waals surface area contributed by atoms with Gasteiger partial charge in [0.1, 0.15) is 9.66 Å². The molecule has 0 saturated carbocycles. The standard InChI is InChI=1S/C4H5BrCl2O2/c1-9-4(8)2(5)3(6)7/h2-3H,1H3. The highest BCUT2D eigenvalue weighted by Gasteiger charge is 2.22. The maximum atomic E-state index is 10.5. The Bertz CT molecular complexity index is 107. The molecule has 0 aromatic heterocycles. The minimum absolute atomic E-state index is 0.468. The second-order valence-electron chi connectivity index (χ2n) is 1.26. The number of hydrogen-bond donors (Lipinski definition) is 0. The largest absolute Gasteiger partial charge is 0.468 e. The normalized spacial score (nSPS) is 13.4. The van der Waals surface area contributed by atoms with Crippen molar-refractivity contribution in [3.05, 3.63) is 0 Å². The lowest BCUT2D eigenvalue weighted by Gasteiger charge is -2.05. The SMILES string of the molecule is COC(=O)C(Br)C(Cl)Cl. The molecule has 0 aromatic carbocycles. The average Bonchev–Trinajstić information content (AvgIpc) is 1.84. The highest BCUT2D eigenvalue weighted by Crippen LogP contribution is 2.16. The maximum Gasteiger partial charge on any atom is 0.322 e. The minimum Gasteiger partial charge on any atom is -0.468 e. The van der Waals surface area contributed by atoms with Crippen LogP contribution in [0.25, 0.3) is 0 Å². The molecule has 5 heteroatoms. The molecule has 1 atom stereocenters. The highest BCUT2D eigenvalue weighted by molar-refractivity contribution is 9.10. The van der Waals surface area contributed by atoms with E-state index in [0.717, 1.165) is 0 Å². The molecule has 0 amide bonds. The molecule has 0 aliphatic heterocycles. The molecule has 0 N–H and O–H groups in total. The number of carbonyl (C=O) groups is 1. The van der Waals surface area contributed by atoms with Crippen molar-refractivity contribution >= 4 is 45.1 Å². The molecule has 54 valence electrons. The van der Waals surface area contributed by atoms with Crippen molar-refractivity contribution in [2.24, 2.45) is 0 Å². The predicted molar refractivity (Wildman–Crippen MR) is 40.2 cm³/mol. The Morgan fingerprint density at radius 2 is 2.11 bits per heavy atom. The van der Waals surface area contributed by atoms with Crippen LogP contribution in [0.2, 0.25) is 0 Å². The van der Waals surface area contributed by atoms with Crippen LogP contribution in [0.3, 0.4) is 0 Å². The summed E-state index contributed by atoms with van der Waals surface area (Å²) >= 11 is 13.6. The van der Waals surface area contributed by atoms with E-state index in [4.69, 9.17) is 23.2 Å². The van der Waals surface area contributed by atoms with Gasteiger partial charge in [-0.2, -0.15) is 0 Å². The third-order valence-electron chi connectivity index (χ3n) is 0.648. The van der Waals surface area contributed by atoms with Gasteiger partial charge in [0.05, 0.1) is 7.11 Å². The van der Waals surface area contributed by atoms with Crippen molar-refractivity contribution in [2.45, 2.75) is 9.66 Å². The van der Waals surface area contributed by atoms with Gasteiger partial charge in [0.15, 0.2) is 0 Å². The average molecular weight is 236 g/mol. The summed E-state index contributed by atoms with van der Waals surface area (Å²) in [5, 5.41) is 0. The topological polar surface area (TPSA) is 26.3 Å². The Morgan fingerprint density at radius 1 is 1.67 bits per heavy atom. The summed E-state index contributed by atoms with van der Waals surface area (Å²) in [6.07, 6.45) is 0. The van der Waals surface area contributed by atoms with Gasteiger partial charge in [-0.3, -0.25) is 4.79 Å². The molecule has 0 aromatic rings. The number of alkyl halides is 3. The van der Waals surface area contributed by atoms with E-state index in [9.17, 15) is 4.79 Å². The summed E-state index contributed by atoms with van der Waals surface area (Å²) in [5.74, 6) is -0.468. The van der Waals surface area contributed by atoms with E-state index in [1.54, 1.807) is 0 Å². The molecular weight excluding hydrogens is 231 g/mol. The van der Waals surface area contributed by atoms with Crippen LogP contribution in [0.4, 0.5) is 0 Å². The van der Waals surface area contributed by atoms with Crippen LogP contribution >= 0.6 is 39.1 Å². The van der Waals surface area contributed by atoms with Crippen LogP contribution in [0.5, 0.6) is 0 Å². The van der Waals surface area contributed by atoms with Crippen LogP contribution in [0.15, 0.2) is 0 Å². The Balaban J connectivity index is 3.72. The first-order valence-corrected chi connectivity index (χ1v) is 3.88. The van der Waals surface area contributed by atoms with E-state index < -0.39 is 15.6 Å². The monoisotopic (exact) mass is 234 g/mol. The van der Waals surface area contributed by atoms with Crippen LogP contribution in [-0.4, -0.2) is 22.7 Å². The van der Waals surface area contributed by atoms with Gasteiger partial charge >= 0.3 is 5.97 Å². The molecule has 2 nitrogen and oxygen atoms in total. The molecule has 9 heavy (non-hydrogen) atoms. The van der Waals surface area contributed by atoms with Gasteiger partial charge in [-0.25, -0.2) is 0 Å². The third kappa shape index (κ3) is 3.28. The fraction of sp³-hybridized carbons (Fsp3) is 0.750. The summed E-state index contributed by atoms with van der Waals surface area (Å²) in [6, 6.07) is 0. The minimum atomic E-state index is -0.766. The van der Waals surface area contributed by atoms with E-state index in [2.05, 4.69) is 20.7 Å². The van der Waals surface area contributed by atoms with Gasteiger partial charge in [0.25, 0.3) is 0 Å².